The third-order valence-electron chi connectivity index (χ3n) is 3.86. The molecule has 0 spiro atoms. The molecule has 0 aromatic heterocycles. The molecule has 0 aliphatic carbocycles. The number of carbonyl (C=O) groups excluding carboxylic acids is 1. The highest BCUT2D eigenvalue weighted by Gasteiger charge is 2.27. The number of hydrogen-bond acceptors (Lipinski definition) is 1. The lowest BCUT2D eigenvalue weighted by molar-refractivity contribution is -0.121. The monoisotopic (exact) mass is 357 g/mol. The van der Waals surface area contributed by atoms with Crippen molar-refractivity contribution in [2.75, 3.05) is 0 Å². The molecule has 1 amide bonds. The Balaban J connectivity index is 2.21. The van der Waals surface area contributed by atoms with E-state index in [-0.39, 0.29) is 0 Å². The fraction of sp³-hybridized carbons (Fsp3) is 0.278. The van der Waals surface area contributed by atoms with Crippen LogP contribution in [0.4, 0.5) is 22.0 Å². The zero-order valence-corrected chi connectivity index (χ0v) is 13.6. The van der Waals surface area contributed by atoms with Crippen LogP contribution in [0.5, 0.6) is 0 Å². The molecule has 0 saturated heterocycles. The molecule has 2 nitrogen and oxygen atoms in total. The molecule has 2 aromatic rings. The van der Waals surface area contributed by atoms with Crippen LogP contribution in [0.3, 0.4) is 0 Å². The first kappa shape index (κ1) is 18.9. The summed E-state index contributed by atoms with van der Waals surface area (Å²) in [7, 11) is 0. The molecule has 0 saturated carbocycles. The molecule has 2 aromatic carbocycles. The second-order valence-corrected chi connectivity index (χ2v) is 5.66. The van der Waals surface area contributed by atoms with Gasteiger partial charge in [-0.05, 0) is 18.9 Å². The summed E-state index contributed by atoms with van der Waals surface area (Å²) in [4.78, 5) is 12.1. The predicted molar refractivity (Wildman–Crippen MR) is 82.3 cm³/mol. The van der Waals surface area contributed by atoms with Gasteiger partial charge >= 0.3 is 0 Å². The zero-order chi connectivity index (χ0) is 18.7. The highest BCUT2D eigenvalue weighted by atomic mass is 19.2. The Kier molecular flexibility index (Phi) is 5.77. The molecule has 1 atom stereocenters. The molecule has 0 aliphatic heterocycles. The summed E-state index contributed by atoms with van der Waals surface area (Å²) >= 11 is 0. The van der Waals surface area contributed by atoms with Crippen LogP contribution in [0.15, 0.2) is 24.3 Å². The van der Waals surface area contributed by atoms with Gasteiger partial charge in [0.05, 0.1) is 12.5 Å². The van der Waals surface area contributed by atoms with E-state index in [0.717, 1.165) is 11.1 Å². The van der Waals surface area contributed by atoms with Gasteiger partial charge in [-0.25, -0.2) is 22.0 Å². The number of rotatable bonds is 5. The quantitative estimate of drug-likeness (QED) is 0.476. The Morgan fingerprint density at radius 1 is 0.920 bits per heavy atom. The van der Waals surface area contributed by atoms with E-state index in [0.29, 0.717) is 6.42 Å². The molecule has 0 heterocycles. The Hall–Kier alpha value is -2.44. The minimum absolute atomic E-state index is 0.436. The molecule has 0 radical (unpaired) electrons. The Bertz CT molecular complexity index is 760. The van der Waals surface area contributed by atoms with Crippen molar-refractivity contribution in [2.24, 2.45) is 0 Å². The van der Waals surface area contributed by atoms with Gasteiger partial charge in [-0.15, -0.1) is 0 Å². The Labute approximate surface area is 141 Å². The van der Waals surface area contributed by atoms with Crippen molar-refractivity contribution >= 4 is 5.91 Å². The van der Waals surface area contributed by atoms with Crippen LogP contribution in [-0.4, -0.2) is 5.91 Å². The van der Waals surface area contributed by atoms with Gasteiger partial charge in [0.15, 0.2) is 23.3 Å². The lowest BCUT2D eigenvalue weighted by Crippen LogP contribution is -2.30. The van der Waals surface area contributed by atoms with E-state index < -0.39 is 53.0 Å². The highest BCUT2D eigenvalue weighted by Crippen LogP contribution is 2.24. The van der Waals surface area contributed by atoms with Gasteiger partial charge in [0.1, 0.15) is 0 Å². The first-order valence-corrected chi connectivity index (χ1v) is 7.62. The van der Waals surface area contributed by atoms with Crippen LogP contribution in [0, 0.1) is 36.0 Å². The molecule has 0 bridgehead atoms. The standard InChI is InChI=1S/C18H16F5NO/c1-3-12(10-6-4-9(2)5-7-10)24-13(25)8-11-14(19)16(21)18(23)17(22)15(11)20/h4-7,12H,3,8H2,1-2H3,(H,24,25)/t12-/m1/s1. The van der Waals surface area contributed by atoms with Gasteiger partial charge in [0, 0.05) is 5.56 Å². The van der Waals surface area contributed by atoms with E-state index in [9.17, 15) is 26.7 Å². The number of benzene rings is 2. The van der Waals surface area contributed by atoms with E-state index in [1.54, 1.807) is 19.1 Å². The number of halogens is 5. The van der Waals surface area contributed by atoms with Crippen molar-refractivity contribution < 1.29 is 26.7 Å². The van der Waals surface area contributed by atoms with Crippen molar-refractivity contribution in [2.45, 2.75) is 32.7 Å². The van der Waals surface area contributed by atoms with Crippen molar-refractivity contribution in [3.8, 4) is 0 Å². The summed E-state index contributed by atoms with van der Waals surface area (Å²) in [6.07, 6.45) is -0.458. The summed E-state index contributed by atoms with van der Waals surface area (Å²) < 4.78 is 66.7. The van der Waals surface area contributed by atoms with Crippen molar-refractivity contribution in [3.63, 3.8) is 0 Å². The second-order valence-electron chi connectivity index (χ2n) is 5.66. The number of amides is 1. The minimum atomic E-state index is -2.25. The molecule has 1 N–H and O–H groups in total. The average molecular weight is 357 g/mol. The van der Waals surface area contributed by atoms with Crippen molar-refractivity contribution in [1.29, 1.82) is 0 Å². The summed E-state index contributed by atoms with van der Waals surface area (Å²) in [6.45, 7) is 3.69. The minimum Gasteiger partial charge on any atom is -0.349 e. The predicted octanol–water partition coefficient (Wildman–Crippen LogP) is 4.50. The Morgan fingerprint density at radius 3 is 1.88 bits per heavy atom. The number of hydrogen-bond donors (Lipinski definition) is 1. The van der Waals surface area contributed by atoms with E-state index in [1.165, 1.54) is 0 Å². The van der Waals surface area contributed by atoms with Gasteiger partial charge in [0.2, 0.25) is 11.7 Å². The third-order valence-corrected chi connectivity index (χ3v) is 3.86. The van der Waals surface area contributed by atoms with E-state index in [2.05, 4.69) is 5.32 Å². The topological polar surface area (TPSA) is 29.1 Å². The van der Waals surface area contributed by atoms with Crippen LogP contribution in [0.25, 0.3) is 0 Å². The molecule has 2 rings (SSSR count). The van der Waals surface area contributed by atoms with Gasteiger partial charge in [-0.2, -0.15) is 0 Å². The van der Waals surface area contributed by atoms with Crippen LogP contribution in [0.2, 0.25) is 0 Å². The van der Waals surface area contributed by atoms with Crippen LogP contribution in [-0.2, 0) is 11.2 Å². The SMILES string of the molecule is CC[C@@H](NC(=O)Cc1c(F)c(F)c(F)c(F)c1F)c1ccc(C)cc1. The zero-order valence-electron chi connectivity index (χ0n) is 13.6. The van der Waals surface area contributed by atoms with Crippen molar-refractivity contribution in [3.05, 3.63) is 70.0 Å². The third kappa shape index (κ3) is 3.97. The summed E-state index contributed by atoms with van der Waals surface area (Å²) in [6, 6.07) is 6.83. The molecule has 7 heteroatoms. The van der Waals surface area contributed by atoms with E-state index >= 15 is 0 Å². The lowest BCUT2D eigenvalue weighted by Gasteiger charge is -2.18. The van der Waals surface area contributed by atoms with Gasteiger partial charge < -0.3 is 5.32 Å². The van der Waals surface area contributed by atoms with Crippen LogP contribution in [0.1, 0.15) is 36.1 Å². The highest BCUT2D eigenvalue weighted by molar-refractivity contribution is 5.79. The van der Waals surface area contributed by atoms with Gasteiger partial charge in [-0.1, -0.05) is 36.8 Å². The molecule has 0 aliphatic rings. The number of aryl methyl sites for hydroxylation is 1. The van der Waals surface area contributed by atoms with Crippen LogP contribution >= 0.6 is 0 Å². The molecule has 25 heavy (non-hydrogen) atoms. The molecular formula is C18H16F5NO. The number of carbonyl (C=O) groups is 1. The smallest absolute Gasteiger partial charge is 0.225 e. The van der Waals surface area contributed by atoms with E-state index in [4.69, 9.17) is 0 Å². The number of nitrogens with one attached hydrogen (secondary N) is 1. The second kappa shape index (κ2) is 7.63. The molecule has 134 valence electrons. The Morgan fingerprint density at radius 2 is 1.40 bits per heavy atom. The normalized spacial score (nSPS) is 12.1. The van der Waals surface area contributed by atoms with Gasteiger partial charge in [0.25, 0.3) is 0 Å². The maximum atomic E-state index is 13.6. The summed E-state index contributed by atoms with van der Waals surface area (Å²) in [5, 5.41) is 2.55. The fourth-order valence-corrected chi connectivity index (χ4v) is 2.43. The lowest BCUT2D eigenvalue weighted by atomic mass is 10.0. The summed E-state index contributed by atoms with van der Waals surface area (Å²) in [5.41, 5.74) is 0.651. The largest absolute Gasteiger partial charge is 0.349 e. The summed E-state index contributed by atoms with van der Waals surface area (Å²) in [5.74, 6) is -11.2. The first-order chi connectivity index (χ1) is 11.8. The fourth-order valence-electron chi connectivity index (χ4n) is 2.43. The van der Waals surface area contributed by atoms with Gasteiger partial charge in [-0.3, -0.25) is 4.79 Å². The first-order valence-electron chi connectivity index (χ1n) is 7.62. The molecule has 0 fully saturated rings. The van der Waals surface area contributed by atoms with Crippen molar-refractivity contribution in [1.82, 2.24) is 5.32 Å². The van der Waals surface area contributed by atoms with E-state index in [1.807, 2.05) is 19.1 Å². The maximum absolute atomic E-state index is 13.6. The van der Waals surface area contributed by atoms with Crippen LogP contribution < -0.4 is 5.32 Å². The average Bonchev–Trinajstić information content (AvgIpc) is 2.60. The maximum Gasteiger partial charge on any atom is 0.225 e. The molecule has 0 unspecified atom stereocenters. The molecular weight excluding hydrogens is 341 g/mol.